The number of rotatable bonds is 1. The molecule has 0 saturated carbocycles. The van der Waals surface area contributed by atoms with Crippen LogP contribution in [0.5, 0.6) is 5.75 Å². The van der Waals surface area contributed by atoms with E-state index in [0.717, 1.165) is 15.6 Å². The summed E-state index contributed by atoms with van der Waals surface area (Å²) in [5, 5.41) is 9.99. The normalized spacial score (nSPS) is 10.3. The Morgan fingerprint density at radius 2 is 1.73 bits per heavy atom. The van der Waals surface area contributed by atoms with Crippen molar-refractivity contribution in [2.45, 2.75) is 0 Å². The second-order valence-electron chi connectivity index (χ2n) is 3.14. The summed E-state index contributed by atoms with van der Waals surface area (Å²) in [6.45, 7) is 0. The monoisotopic (exact) mass is 282 g/mol. The lowest BCUT2D eigenvalue weighted by molar-refractivity contribution is 0.475. The molecule has 0 aliphatic rings. The van der Waals surface area contributed by atoms with Crippen molar-refractivity contribution in [3.8, 4) is 16.9 Å². The van der Waals surface area contributed by atoms with Gasteiger partial charge in [-0.25, -0.2) is 0 Å². The van der Waals surface area contributed by atoms with Crippen LogP contribution in [0.3, 0.4) is 0 Å². The lowest BCUT2D eigenvalue weighted by atomic mass is 10.1. The first-order valence-electron chi connectivity index (χ1n) is 4.42. The first-order valence-corrected chi connectivity index (χ1v) is 5.59. The molecule has 0 spiro atoms. The Balaban J connectivity index is 2.60. The minimum Gasteiger partial charge on any atom is -0.508 e. The van der Waals surface area contributed by atoms with Crippen molar-refractivity contribution < 1.29 is 5.11 Å². The molecule has 0 aliphatic heterocycles. The zero-order chi connectivity index (χ0) is 10.8. The van der Waals surface area contributed by atoms with Crippen molar-refractivity contribution in [2.75, 3.05) is 0 Å². The van der Waals surface area contributed by atoms with E-state index >= 15 is 0 Å². The van der Waals surface area contributed by atoms with E-state index in [1.54, 1.807) is 12.1 Å². The van der Waals surface area contributed by atoms with E-state index in [9.17, 15) is 5.11 Å². The molecule has 0 fully saturated rings. The Kier molecular flexibility index (Phi) is 2.98. The minimum absolute atomic E-state index is 0.234. The third kappa shape index (κ3) is 2.16. The number of halogens is 2. The Labute approximate surface area is 101 Å². The van der Waals surface area contributed by atoms with Gasteiger partial charge in [0, 0.05) is 15.1 Å². The molecule has 76 valence electrons. The molecule has 0 atom stereocenters. The van der Waals surface area contributed by atoms with E-state index in [1.807, 2.05) is 30.3 Å². The molecule has 3 heteroatoms. The number of phenols is 1. The zero-order valence-corrected chi connectivity index (χ0v) is 10.1. The second kappa shape index (κ2) is 4.25. The van der Waals surface area contributed by atoms with Gasteiger partial charge in [-0.1, -0.05) is 45.7 Å². The van der Waals surface area contributed by atoms with Gasteiger partial charge < -0.3 is 5.11 Å². The minimum atomic E-state index is 0.234. The highest BCUT2D eigenvalue weighted by atomic mass is 79.9. The highest BCUT2D eigenvalue weighted by Gasteiger charge is 2.06. The molecule has 2 aromatic rings. The predicted molar refractivity (Wildman–Crippen MR) is 66.3 cm³/mol. The molecule has 0 radical (unpaired) electrons. The van der Waals surface area contributed by atoms with E-state index < -0.39 is 0 Å². The van der Waals surface area contributed by atoms with Crippen molar-refractivity contribution in [1.29, 1.82) is 0 Å². The summed E-state index contributed by atoms with van der Waals surface area (Å²) in [4.78, 5) is 0. The Bertz CT molecular complexity index is 497. The van der Waals surface area contributed by atoms with Crippen LogP contribution in [0.25, 0.3) is 11.1 Å². The fourth-order valence-electron chi connectivity index (χ4n) is 1.40. The molecule has 0 bridgehead atoms. The summed E-state index contributed by atoms with van der Waals surface area (Å²) < 4.78 is 0.829. The van der Waals surface area contributed by atoms with Crippen LogP contribution < -0.4 is 0 Å². The fraction of sp³-hybridized carbons (Fsp3) is 0. The summed E-state index contributed by atoms with van der Waals surface area (Å²) in [7, 11) is 0. The Hall–Kier alpha value is -0.990. The maximum Gasteiger partial charge on any atom is 0.116 e. The highest BCUT2D eigenvalue weighted by molar-refractivity contribution is 9.10. The molecule has 15 heavy (non-hydrogen) atoms. The van der Waals surface area contributed by atoms with E-state index in [2.05, 4.69) is 15.9 Å². The molecule has 1 nitrogen and oxygen atoms in total. The standard InChI is InChI=1S/C12H8BrClO/c13-11-7-8(15)5-6-9(11)10-3-1-2-4-12(10)14/h1-7,15H. The molecule has 0 amide bonds. The van der Waals surface area contributed by atoms with Gasteiger partial charge in [0.15, 0.2) is 0 Å². The molecule has 1 N–H and O–H groups in total. The average Bonchev–Trinajstić information content (AvgIpc) is 2.20. The molecular weight excluding hydrogens is 275 g/mol. The number of benzene rings is 2. The maximum atomic E-state index is 9.29. The van der Waals surface area contributed by atoms with Crippen LogP contribution in [0, 0.1) is 0 Å². The van der Waals surface area contributed by atoms with Crippen molar-refractivity contribution in [1.82, 2.24) is 0 Å². The third-order valence-electron chi connectivity index (χ3n) is 2.12. The lowest BCUT2D eigenvalue weighted by Crippen LogP contribution is -1.80. The van der Waals surface area contributed by atoms with Crippen molar-refractivity contribution in [3.05, 3.63) is 52.0 Å². The van der Waals surface area contributed by atoms with Crippen LogP contribution in [0.1, 0.15) is 0 Å². The highest BCUT2D eigenvalue weighted by Crippen LogP contribution is 2.34. The topological polar surface area (TPSA) is 20.2 Å². The molecule has 0 saturated heterocycles. The van der Waals surface area contributed by atoms with Crippen LogP contribution in [-0.4, -0.2) is 5.11 Å². The molecule has 0 aliphatic carbocycles. The first-order chi connectivity index (χ1) is 7.18. The van der Waals surface area contributed by atoms with Gasteiger partial charge in [0.05, 0.1) is 0 Å². The van der Waals surface area contributed by atoms with Gasteiger partial charge in [0.1, 0.15) is 5.75 Å². The van der Waals surface area contributed by atoms with E-state index in [-0.39, 0.29) is 5.75 Å². The predicted octanol–water partition coefficient (Wildman–Crippen LogP) is 4.48. The summed E-state index contributed by atoms with van der Waals surface area (Å²) >= 11 is 9.49. The number of aromatic hydroxyl groups is 1. The zero-order valence-electron chi connectivity index (χ0n) is 7.74. The third-order valence-corrected chi connectivity index (χ3v) is 3.10. The first kappa shape index (κ1) is 10.5. The summed E-state index contributed by atoms with van der Waals surface area (Å²) in [6.07, 6.45) is 0. The summed E-state index contributed by atoms with van der Waals surface area (Å²) in [6, 6.07) is 12.7. The molecule has 2 aromatic carbocycles. The van der Waals surface area contributed by atoms with Gasteiger partial charge in [-0.3, -0.25) is 0 Å². The molecule has 0 heterocycles. The molecular formula is C12H8BrClO. The van der Waals surface area contributed by atoms with Gasteiger partial charge >= 0.3 is 0 Å². The Morgan fingerprint density at radius 3 is 2.40 bits per heavy atom. The van der Waals surface area contributed by atoms with Gasteiger partial charge in [0.25, 0.3) is 0 Å². The van der Waals surface area contributed by atoms with Crippen LogP contribution >= 0.6 is 27.5 Å². The lowest BCUT2D eigenvalue weighted by Gasteiger charge is -2.06. The van der Waals surface area contributed by atoms with Crippen LogP contribution in [0.2, 0.25) is 5.02 Å². The molecule has 2 rings (SSSR count). The van der Waals surface area contributed by atoms with Gasteiger partial charge in [-0.05, 0) is 29.8 Å². The van der Waals surface area contributed by atoms with E-state index in [4.69, 9.17) is 11.6 Å². The SMILES string of the molecule is Oc1ccc(-c2ccccc2Cl)c(Br)c1. The van der Waals surface area contributed by atoms with Crippen molar-refractivity contribution >= 4 is 27.5 Å². The number of phenolic OH excluding ortho intramolecular Hbond substituents is 1. The van der Waals surface area contributed by atoms with Crippen LogP contribution in [0.15, 0.2) is 46.9 Å². The number of hydrogen-bond donors (Lipinski definition) is 1. The van der Waals surface area contributed by atoms with Crippen LogP contribution in [0.4, 0.5) is 0 Å². The number of hydrogen-bond acceptors (Lipinski definition) is 1. The molecule has 0 unspecified atom stereocenters. The average molecular weight is 284 g/mol. The van der Waals surface area contributed by atoms with E-state index in [1.165, 1.54) is 0 Å². The fourth-order valence-corrected chi connectivity index (χ4v) is 2.22. The summed E-state index contributed by atoms with van der Waals surface area (Å²) in [5.74, 6) is 0.234. The maximum absolute atomic E-state index is 9.29. The van der Waals surface area contributed by atoms with Crippen LogP contribution in [-0.2, 0) is 0 Å². The summed E-state index contributed by atoms with van der Waals surface area (Å²) in [5.41, 5.74) is 1.92. The van der Waals surface area contributed by atoms with Crippen molar-refractivity contribution in [2.24, 2.45) is 0 Å². The Morgan fingerprint density at radius 1 is 1.00 bits per heavy atom. The van der Waals surface area contributed by atoms with Gasteiger partial charge in [-0.15, -0.1) is 0 Å². The van der Waals surface area contributed by atoms with Crippen molar-refractivity contribution in [3.63, 3.8) is 0 Å². The van der Waals surface area contributed by atoms with E-state index in [0.29, 0.717) is 5.02 Å². The van der Waals surface area contributed by atoms with Gasteiger partial charge in [0.2, 0.25) is 0 Å². The quantitative estimate of drug-likeness (QED) is 0.818. The largest absolute Gasteiger partial charge is 0.508 e. The second-order valence-corrected chi connectivity index (χ2v) is 4.41. The molecule has 0 aromatic heterocycles. The smallest absolute Gasteiger partial charge is 0.116 e. The van der Waals surface area contributed by atoms with Gasteiger partial charge in [-0.2, -0.15) is 0 Å².